The van der Waals surface area contributed by atoms with Crippen molar-refractivity contribution in [2.75, 3.05) is 19.8 Å². The van der Waals surface area contributed by atoms with Crippen molar-refractivity contribution in [2.24, 2.45) is 0 Å². The average Bonchev–Trinajstić information content (AvgIpc) is 2.45. The largest absolute Gasteiger partial charge is 1.00 e. The first-order valence-corrected chi connectivity index (χ1v) is 9.21. The summed E-state index contributed by atoms with van der Waals surface area (Å²) in [5.41, 5.74) is 0. The van der Waals surface area contributed by atoms with Crippen LogP contribution in [-0.2, 0) is 29.2 Å². The monoisotopic (exact) mass is 402 g/mol. The second-order valence-corrected chi connectivity index (χ2v) is 6.75. The molecule has 0 saturated heterocycles. The first-order valence-electron chi connectivity index (χ1n) is 7.71. The molecule has 0 radical (unpaired) electrons. The number of ether oxygens (including phenoxy) is 2. The van der Waals surface area contributed by atoms with Crippen LogP contribution in [0.2, 0.25) is 0 Å². The Labute approximate surface area is 196 Å². The normalized spacial score (nSPS) is 11.8. The summed E-state index contributed by atoms with van der Waals surface area (Å²) in [6, 6.07) is 0. The zero-order valence-corrected chi connectivity index (χ0v) is 20.2. The minimum Gasteiger partial charge on any atom is -1.00 e. The first-order chi connectivity index (χ1) is 10.8. The van der Waals surface area contributed by atoms with Crippen molar-refractivity contribution < 1.29 is 99.1 Å². The molecule has 0 rings (SSSR count). The van der Waals surface area contributed by atoms with Crippen molar-refractivity contribution in [2.45, 2.75) is 57.1 Å². The SMILES string of the molecule is CCCCCCCCOCCOC(=O)C(CC(=O)O)S(=O)(=O)O.[H-].[H-].[Na+].[Na+]. The molecule has 0 aliphatic heterocycles. The van der Waals surface area contributed by atoms with E-state index < -0.39 is 33.7 Å². The van der Waals surface area contributed by atoms with E-state index in [4.69, 9.17) is 14.4 Å². The summed E-state index contributed by atoms with van der Waals surface area (Å²) in [6.07, 6.45) is 5.67. The topological polar surface area (TPSA) is 127 Å². The van der Waals surface area contributed by atoms with E-state index in [0.29, 0.717) is 6.61 Å². The maximum Gasteiger partial charge on any atom is 1.00 e. The number of carboxylic acid groups (broad SMARTS) is 1. The smallest absolute Gasteiger partial charge is 1.00 e. The Balaban J connectivity index is -0.000000403. The number of unbranched alkanes of at least 4 members (excludes halogenated alkanes) is 5. The Morgan fingerprint density at radius 2 is 1.56 bits per heavy atom. The Bertz CT molecular complexity index is 466. The van der Waals surface area contributed by atoms with Gasteiger partial charge in [-0.1, -0.05) is 39.0 Å². The van der Waals surface area contributed by atoms with Crippen LogP contribution < -0.4 is 59.1 Å². The molecule has 0 fully saturated rings. The van der Waals surface area contributed by atoms with Gasteiger partial charge in [-0.05, 0) is 6.42 Å². The van der Waals surface area contributed by atoms with Gasteiger partial charge in [0.05, 0.1) is 13.0 Å². The molecule has 8 nitrogen and oxygen atoms in total. The summed E-state index contributed by atoms with van der Waals surface area (Å²) in [5.74, 6) is -2.82. The molecular formula is C14H28Na2O8S. The number of hydrogen-bond donors (Lipinski definition) is 2. The molecule has 0 aromatic carbocycles. The Hall–Kier alpha value is 0.810. The molecule has 0 aliphatic rings. The summed E-state index contributed by atoms with van der Waals surface area (Å²) in [4.78, 5) is 22.0. The standard InChI is InChI=1S/C14H26O8S.2Na.2H/c1-2-3-4-5-6-7-8-21-9-10-22-14(17)12(11-13(15)16)23(18,19)20;;;;/h12H,2-11H2,1H3,(H,15,16)(H,18,19,20);;;;/q;2*+1;2*-1. The number of hydrogen-bond acceptors (Lipinski definition) is 6. The number of esters is 1. The van der Waals surface area contributed by atoms with E-state index in [-0.39, 0.29) is 75.2 Å². The van der Waals surface area contributed by atoms with Crippen LogP contribution in [0, 0.1) is 0 Å². The van der Waals surface area contributed by atoms with E-state index in [1.54, 1.807) is 0 Å². The van der Waals surface area contributed by atoms with E-state index in [2.05, 4.69) is 11.7 Å². The zero-order valence-electron chi connectivity index (χ0n) is 17.4. The van der Waals surface area contributed by atoms with Gasteiger partial charge >= 0.3 is 71.1 Å². The third-order valence-electron chi connectivity index (χ3n) is 3.10. The van der Waals surface area contributed by atoms with Crippen LogP contribution in [0.5, 0.6) is 0 Å². The van der Waals surface area contributed by atoms with Crippen molar-refractivity contribution in [1.29, 1.82) is 0 Å². The van der Waals surface area contributed by atoms with Gasteiger partial charge in [-0.15, -0.1) is 0 Å². The molecule has 1 unspecified atom stereocenters. The van der Waals surface area contributed by atoms with Gasteiger partial charge in [-0.25, -0.2) is 0 Å². The Morgan fingerprint density at radius 3 is 2.08 bits per heavy atom. The molecule has 0 bridgehead atoms. The van der Waals surface area contributed by atoms with E-state index in [9.17, 15) is 18.0 Å². The van der Waals surface area contributed by atoms with Gasteiger partial charge in [0.1, 0.15) is 6.61 Å². The number of aliphatic carboxylic acids is 1. The molecule has 0 saturated carbocycles. The number of carboxylic acids is 1. The predicted octanol–water partition coefficient (Wildman–Crippen LogP) is -4.13. The van der Waals surface area contributed by atoms with Crippen LogP contribution in [0.3, 0.4) is 0 Å². The minimum atomic E-state index is -4.82. The quantitative estimate of drug-likeness (QED) is 0.130. The van der Waals surface area contributed by atoms with Crippen LogP contribution in [0.1, 0.15) is 54.7 Å². The van der Waals surface area contributed by atoms with E-state index >= 15 is 0 Å². The molecule has 140 valence electrons. The van der Waals surface area contributed by atoms with Crippen LogP contribution >= 0.6 is 0 Å². The van der Waals surface area contributed by atoms with Crippen molar-refractivity contribution >= 4 is 22.1 Å². The van der Waals surface area contributed by atoms with Crippen LogP contribution in [0.15, 0.2) is 0 Å². The van der Waals surface area contributed by atoms with Gasteiger partial charge in [0, 0.05) is 6.61 Å². The summed E-state index contributed by atoms with van der Waals surface area (Å²) in [5, 5.41) is 6.42. The van der Waals surface area contributed by atoms with E-state index in [1.807, 2.05) is 0 Å². The minimum absolute atomic E-state index is 0. The van der Waals surface area contributed by atoms with E-state index in [1.165, 1.54) is 19.3 Å². The van der Waals surface area contributed by atoms with Crippen molar-refractivity contribution in [3.8, 4) is 0 Å². The van der Waals surface area contributed by atoms with Gasteiger partial charge in [0.2, 0.25) is 0 Å². The second-order valence-electron chi connectivity index (χ2n) is 5.15. The fraction of sp³-hybridized carbons (Fsp3) is 0.857. The molecule has 0 aromatic rings. The molecule has 0 spiro atoms. The molecule has 1 atom stereocenters. The molecule has 0 amide bonds. The second kappa shape index (κ2) is 18.2. The van der Waals surface area contributed by atoms with E-state index in [0.717, 1.165) is 19.3 Å². The maximum atomic E-state index is 11.5. The Kier molecular flexibility index (Phi) is 22.2. The third-order valence-corrected chi connectivity index (χ3v) is 4.17. The average molecular weight is 402 g/mol. The molecule has 0 aromatic heterocycles. The fourth-order valence-corrected chi connectivity index (χ4v) is 2.51. The molecule has 0 heterocycles. The maximum absolute atomic E-state index is 11.5. The Morgan fingerprint density at radius 1 is 1.00 bits per heavy atom. The number of carbonyl (C=O) groups is 2. The molecule has 11 heteroatoms. The fourth-order valence-electron chi connectivity index (χ4n) is 1.85. The van der Waals surface area contributed by atoms with Gasteiger partial charge in [0.15, 0.2) is 5.25 Å². The summed E-state index contributed by atoms with van der Waals surface area (Å²) in [6.45, 7) is 2.56. The van der Waals surface area contributed by atoms with Crippen LogP contribution in [-0.4, -0.2) is 55.1 Å². The first kappa shape index (κ1) is 30.5. The van der Waals surface area contributed by atoms with Gasteiger partial charge in [-0.2, -0.15) is 8.42 Å². The van der Waals surface area contributed by atoms with Gasteiger partial charge < -0.3 is 17.4 Å². The summed E-state index contributed by atoms with van der Waals surface area (Å²) in [7, 11) is -4.82. The van der Waals surface area contributed by atoms with Crippen LogP contribution in [0.25, 0.3) is 0 Å². The van der Waals surface area contributed by atoms with Crippen LogP contribution in [0.4, 0.5) is 0 Å². The molecular weight excluding hydrogens is 374 g/mol. The zero-order chi connectivity index (χ0) is 17.7. The van der Waals surface area contributed by atoms with Crippen molar-refractivity contribution in [3.63, 3.8) is 0 Å². The molecule has 0 aliphatic carbocycles. The third kappa shape index (κ3) is 18.0. The van der Waals surface area contributed by atoms with Crippen molar-refractivity contribution in [3.05, 3.63) is 0 Å². The summed E-state index contributed by atoms with van der Waals surface area (Å²) < 4.78 is 40.6. The molecule has 25 heavy (non-hydrogen) atoms. The van der Waals surface area contributed by atoms with Gasteiger partial charge in [-0.3, -0.25) is 14.1 Å². The van der Waals surface area contributed by atoms with Crippen molar-refractivity contribution in [1.82, 2.24) is 0 Å². The molecule has 2 N–H and O–H groups in total. The predicted molar refractivity (Wildman–Crippen MR) is 85.0 cm³/mol. The van der Waals surface area contributed by atoms with Gasteiger partial charge in [0.25, 0.3) is 10.1 Å². The summed E-state index contributed by atoms with van der Waals surface area (Å²) >= 11 is 0. The number of carbonyl (C=O) groups excluding carboxylic acids is 1. The number of rotatable bonds is 14.